The third kappa shape index (κ3) is 4.11. The van der Waals surface area contributed by atoms with E-state index in [4.69, 9.17) is 0 Å². The van der Waals surface area contributed by atoms with E-state index >= 15 is 0 Å². The van der Waals surface area contributed by atoms with Crippen LogP contribution in [-0.4, -0.2) is 14.7 Å². The Morgan fingerprint density at radius 2 is 2.27 bits per heavy atom. The van der Waals surface area contributed by atoms with Crippen molar-refractivity contribution in [2.75, 3.05) is 5.32 Å². The predicted octanol–water partition coefficient (Wildman–Crippen LogP) is 1.79. The van der Waals surface area contributed by atoms with Gasteiger partial charge in [0.2, 0.25) is 5.91 Å². The molecule has 15 heavy (non-hydrogen) atoms. The van der Waals surface area contributed by atoms with Crippen LogP contribution in [0.5, 0.6) is 0 Å². The molecule has 0 radical (unpaired) electrons. The zero-order valence-corrected chi connectivity index (χ0v) is 10.4. The van der Waals surface area contributed by atoms with Gasteiger partial charge in [-0.1, -0.05) is 17.1 Å². The summed E-state index contributed by atoms with van der Waals surface area (Å²) < 4.78 is 21.7. The van der Waals surface area contributed by atoms with Crippen LogP contribution in [0.3, 0.4) is 0 Å². The molecule has 0 aromatic heterocycles. The zero-order chi connectivity index (χ0) is 11.4. The lowest BCUT2D eigenvalue weighted by molar-refractivity contribution is -0.114. The molecular weight excluding hydrogens is 282 g/mol. The normalized spacial score (nSPS) is 12.2. The average molecular weight is 291 g/mol. The highest BCUT2D eigenvalue weighted by Gasteiger charge is 2.03. The maximum Gasteiger partial charge on any atom is 0.221 e. The Bertz CT molecular complexity index is 408. The summed E-state index contributed by atoms with van der Waals surface area (Å²) in [5.74, 6) is -0.254. The van der Waals surface area contributed by atoms with E-state index < -0.39 is 11.1 Å². The molecule has 0 bridgehead atoms. The summed E-state index contributed by atoms with van der Waals surface area (Å²) >= 11 is 1.13. The van der Waals surface area contributed by atoms with E-state index in [1.54, 1.807) is 18.2 Å². The van der Waals surface area contributed by atoms with E-state index in [2.05, 4.69) is 21.2 Å². The minimum Gasteiger partial charge on any atom is -0.772 e. The Morgan fingerprint density at radius 1 is 1.60 bits per heavy atom. The van der Waals surface area contributed by atoms with Gasteiger partial charge in [0.25, 0.3) is 0 Å². The first-order chi connectivity index (χ1) is 6.99. The Balaban J connectivity index is 2.94. The molecule has 1 rings (SSSR count). The number of rotatable bonds is 3. The first kappa shape index (κ1) is 12.4. The summed E-state index contributed by atoms with van der Waals surface area (Å²) in [6.07, 6.45) is 0. The fourth-order valence-corrected chi connectivity index (χ4v) is 1.88. The molecule has 0 saturated carbocycles. The van der Waals surface area contributed by atoms with Crippen molar-refractivity contribution < 1.29 is 13.6 Å². The average Bonchev–Trinajstić information content (AvgIpc) is 2.09. The second-order valence-corrected chi connectivity index (χ2v) is 4.69. The van der Waals surface area contributed by atoms with Gasteiger partial charge in [0.1, 0.15) is 0 Å². The van der Waals surface area contributed by atoms with Crippen molar-refractivity contribution in [2.24, 2.45) is 0 Å². The smallest absolute Gasteiger partial charge is 0.221 e. The molecule has 0 fully saturated rings. The molecule has 1 atom stereocenters. The zero-order valence-electron chi connectivity index (χ0n) is 7.95. The van der Waals surface area contributed by atoms with Crippen LogP contribution in [0.15, 0.2) is 22.7 Å². The minimum atomic E-state index is -2.12. The molecular formula is C9H9BrNO3S-. The summed E-state index contributed by atoms with van der Waals surface area (Å²) in [4.78, 5) is 10.8. The molecule has 1 unspecified atom stereocenters. The second kappa shape index (κ2) is 5.39. The van der Waals surface area contributed by atoms with Gasteiger partial charge < -0.3 is 9.87 Å². The fraction of sp³-hybridized carbons (Fsp3) is 0.222. The number of halogens is 1. The molecule has 1 aromatic carbocycles. The third-order valence-electron chi connectivity index (χ3n) is 1.63. The lowest BCUT2D eigenvalue weighted by Gasteiger charge is -2.09. The molecule has 0 heterocycles. The maximum absolute atomic E-state index is 10.8. The second-order valence-electron chi connectivity index (χ2n) is 2.94. The molecule has 0 saturated heterocycles. The Morgan fingerprint density at radius 3 is 2.80 bits per heavy atom. The summed E-state index contributed by atoms with van der Waals surface area (Å²) in [6.45, 7) is 1.39. The molecule has 0 spiro atoms. The number of carbonyl (C=O) groups excluding carboxylic acids is 1. The molecule has 0 aliphatic heterocycles. The van der Waals surface area contributed by atoms with Crippen LogP contribution >= 0.6 is 15.9 Å². The van der Waals surface area contributed by atoms with Crippen molar-refractivity contribution in [2.45, 2.75) is 12.7 Å². The SMILES string of the molecule is CC(=O)Nc1cc(CS(=O)[O-])ccc1Br. The van der Waals surface area contributed by atoms with Gasteiger partial charge in [-0.15, -0.1) is 0 Å². The van der Waals surface area contributed by atoms with Crippen LogP contribution in [0.25, 0.3) is 0 Å². The lowest BCUT2D eigenvalue weighted by atomic mass is 10.2. The summed E-state index contributed by atoms with van der Waals surface area (Å²) in [6, 6.07) is 5.01. The highest BCUT2D eigenvalue weighted by molar-refractivity contribution is 9.10. The highest BCUT2D eigenvalue weighted by Crippen LogP contribution is 2.24. The van der Waals surface area contributed by atoms with Gasteiger partial charge in [-0.05, 0) is 33.6 Å². The summed E-state index contributed by atoms with van der Waals surface area (Å²) in [5, 5.41) is 2.60. The van der Waals surface area contributed by atoms with E-state index in [1.165, 1.54) is 6.92 Å². The highest BCUT2D eigenvalue weighted by atomic mass is 79.9. The van der Waals surface area contributed by atoms with Gasteiger partial charge in [0.05, 0.1) is 5.69 Å². The lowest BCUT2D eigenvalue weighted by Crippen LogP contribution is -2.07. The van der Waals surface area contributed by atoms with Gasteiger partial charge in [-0.3, -0.25) is 9.00 Å². The number of benzene rings is 1. The number of amides is 1. The van der Waals surface area contributed by atoms with Crippen molar-refractivity contribution in [1.82, 2.24) is 0 Å². The first-order valence-corrected chi connectivity index (χ1v) is 6.14. The molecule has 1 amide bonds. The number of hydrogen-bond donors (Lipinski definition) is 1. The monoisotopic (exact) mass is 290 g/mol. The quantitative estimate of drug-likeness (QED) is 0.863. The number of nitrogens with one attached hydrogen (secondary N) is 1. The number of anilines is 1. The van der Waals surface area contributed by atoms with Crippen molar-refractivity contribution in [1.29, 1.82) is 0 Å². The van der Waals surface area contributed by atoms with E-state index in [0.717, 1.165) is 4.47 Å². The fourth-order valence-electron chi connectivity index (χ4n) is 1.08. The van der Waals surface area contributed by atoms with E-state index in [0.29, 0.717) is 11.3 Å². The largest absolute Gasteiger partial charge is 0.772 e. The van der Waals surface area contributed by atoms with Crippen LogP contribution < -0.4 is 5.32 Å². The molecule has 82 valence electrons. The molecule has 4 nitrogen and oxygen atoms in total. The predicted molar refractivity (Wildman–Crippen MR) is 61.1 cm³/mol. The molecule has 0 aliphatic carbocycles. The van der Waals surface area contributed by atoms with Crippen LogP contribution in [0.1, 0.15) is 12.5 Å². The topological polar surface area (TPSA) is 69.2 Å². The van der Waals surface area contributed by atoms with Gasteiger partial charge in [-0.2, -0.15) is 0 Å². The minimum absolute atomic E-state index is 0.0557. The van der Waals surface area contributed by atoms with Gasteiger partial charge in [0.15, 0.2) is 0 Å². The van der Waals surface area contributed by atoms with Crippen LogP contribution in [-0.2, 0) is 21.6 Å². The van der Waals surface area contributed by atoms with Crippen molar-refractivity contribution in [3.8, 4) is 0 Å². The van der Waals surface area contributed by atoms with Gasteiger partial charge in [0, 0.05) is 17.1 Å². The van der Waals surface area contributed by atoms with Crippen molar-refractivity contribution in [3.63, 3.8) is 0 Å². The standard InChI is InChI=1S/C9H10BrNO3S/c1-6(12)11-9-4-7(5-15(13)14)2-3-8(9)10/h2-4H,5H2,1H3,(H,11,12)(H,13,14)/p-1. The van der Waals surface area contributed by atoms with Crippen molar-refractivity contribution >= 4 is 38.6 Å². The Kier molecular flexibility index (Phi) is 4.44. The first-order valence-electron chi connectivity index (χ1n) is 4.11. The molecule has 0 aliphatic rings. The Hall–Kier alpha value is -0.720. The maximum atomic E-state index is 10.8. The number of hydrogen-bond acceptors (Lipinski definition) is 3. The van der Waals surface area contributed by atoms with Crippen LogP contribution in [0.2, 0.25) is 0 Å². The molecule has 1 aromatic rings. The van der Waals surface area contributed by atoms with Crippen LogP contribution in [0, 0.1) is 0 Å². The van der Waals surface area contributed by atoms with E-state index in [1.807, 2.05) is 0 Å². The summed E-state index contributed by atoms with van der Waals surface area (Å²) in [7, 11) is 0. The van der Waals surface area contributed by atoms with Gasteiger partial charge in [-0.25, -0.2) is 0 Å². The van der Waals surface area contributed by atoms with Crippen LogP contribution in [0.4, 0.5) is 5.69 Å². The third-order valence-corrected chi connectivity index (χ3v) is 2.89. The molecule has 1 N–H and O–H groups in total. The van der Waals surface area contributed by atoms with Crippen molar-refractivity contribution in [3.05, 3.63) is 28.2 Å². The van der Waals surface area contributed by atoms with E-state index in [9.17, 15) is 13.6 Å². The summed E-state index contributed by atoms with van der Waals surface area (Å²) in [5.41, 5.74) is 1.21. The number of carbonyl (C=O) groups is 1. The van der Waals surface area contributed by atoms with E-state index in [-0.39, 0.29) is 11.7 Å². The Labute approximate surface area is 98.5 Å². The van der Waals surface area contributed by atoms with Gasteiger partial charge >= 0.3 is 0 Å². The molecule has 6 heteroatoms.